The number of amides is 2. The summed E-state index contributed by atoms with van der Waals surface area (Å²) < 4.78 is 10.6. The third kappa shape index (κ3) is 5.11. The number of carbonyl (C=O) groups excluding carboxylic acids is 2. The summed E-state index contributed by atoms with van der Waals surface area (Å²) in [6.07, 6.45) is 0. The molecule has 2 aliphatic rings. The summed E-state index contributed by atoms with van der Waals surface area (Å²) >= 11 is 0. The van der Waals surface area contributed by atoms with Crippen LogP contribution in [-0.4, -0.2) is 63.2 Å². The van der Waals surface area contributed by atoms with Crippen LogP contribution in [0, 0.1) is 0 Å². The predicted octanol–water partition coefficient (Wildman–Crippen LogP) is 4.28. The van der Waals surface area contributed by atoms with Gasteiger partial charge >= 0.3 is 0 Å². The average Bonchev–Trinajstić information content (AvgIpc) is 2.95. The number of rotatable bonds is 6. The van der Waals surface area contributed by atoms with Crippen LogP contribution in [-0.2, 0) is 16.1 Å². The molecule has 8 nitrogen and oxygen atoms in total. The van der Waals surface area contributed by atoms with Gasteiger partial charge in [-0.3, -0.25) is 9.59 Å². The summed E-state index contributed by atoms with van der Waals surface area (Å²) in [5, 5.41) is 3.45. The summed E-state index contributed by atoms with van der Waals surface area (Å²) in [4.78, 5) is 31.4. The molecule has 0 saturated carbocycles. The van der Waals surface area contributed by atoms with Gasteiger partial charge in [0.2, 0.25) is 5.91 Å². The van der Waals surface area contributed by atoms with E-state index in [-0.39, 0.29) is 17.9 Å². The minimum absolute atomic E-state index is 0.0273. The Bertz CT molecular complexity index is 1270. The normalized spacial score (nSPS) is 17.4. The Morgan fingerprint density at radius 3 is 2.32 bits per heavy atom. The van der Waals surface area contributed by atoms with Gasteiger partial charge in [-0.25, -0.2) is 0 Å². The Morgan fingerprint density at radius 2 is 1.65 bits per heavy atom. The Kier molecular flexibility index (Phi) is 7.01. The van der Waals surface area contributed by atoms with Crippen LogP contribution in [0.25, 0.3) is 0 Å². The molecule has 8 heteroatoms. The smallest absolute Gasteiger partial charge is 0.254 e. The Hall–Kier alpha value is -4.04. The number of anilines is 4. The van der Waals surface area contributed by atoms with Crippen molar-refractivity contribution in [2.75, 3.05) is 55.6 Å². The minimum Gasteiger partial charge on any atom is -0.497 e. The number of nitrogens with one attached hydrogen (secondary N) is 1. The quantitative estimate of drug-likeness (QED) is 0.545. The molecule has 1 N–H and O–H groups in total. The second kappa shape index (κ2) is 10.5. The summed E-state index contributed by atoms with van der Waals surface area (Å²) in [7, 11) is 3.47. The number of nitrogens with zero attached hydrogens (tertiary/aromatic N) is 3. The average molecular weight is 501 g/mol. The zero-order chi connectivity index (χ0) is 25.9. The fourth-order valence-electron chi connectivity index (χ4n) is 4.82. The summed E-state index contributed by atoms with van der Waals surface area (Å²) in [6, 6.07) is 21.2. The highest BCUT2D eigenvalue weighted by Crippen LogP contribution is 2.39. The predicted molar refractivity (Wildman–Crippen MR) is 145 cm³/mol. The molecule has 2 heterocycles. The third-order valence-corrected chi connectivity index (χ3v) is 7.03. The second-order valence-corrected chi connectivity index (χ2v) is 9.36. The zero-order valence-corrected chi connectivity index (χ0v) is 21.4. The number of benzene rings is 3. The topological polar surface area (TPSA) is 74.4 Å². The van der Waals surface area contributed by atoms with E-state index in [1.165, 1.54) is 0 Å². The molecule has 37 heavy (non-hydrogen) atoms. The molecule has 0 spiro atoms. The molecule has 3 aromatic rings. The van der Waals surface area contributed by atoms with Crippen molar-refractivity contribution >= 4 is 34.6 Å². The van der Waals surface area contributed by atoms with E-state index in [1.54, 1.807) is 12.0 Å². The van der Waals surface area contributed by atoms with Crippen LogP contribution < -0.4 is 19.9 Å². The molecule has 0 bridgehead atoms. The Morgan fingerprint density at radius 1 is 0.973 bits per heavy atom. The van der Waals surface area contributed by atoms with Crippen LogP contribution in [0.3, 0.4) is 0 Å². The van der Waals surface area contributed by atoms with Crippen LogP contribution in [0.2, 0.25) is 0 Å². The summed E-state index contributed by atoms with van der Waals surface area (Å²) in [5.41, 5.74) is 5.39. The largest absolute Gasteiger partial charge is 0.497 e. The first-order chi connectivity index (χ1) is 17.9. The van der Waals surface area contributed by atoms with Crippen molar-refractivity contribution in [2.45, 2.75) is 19.5 Å². The molecule has 1 saturated heterocycles. The SMILES string of the molecule is COc1ccc(CN2c3cc(Nc4ccc(C(=O)N5CCOCC5)cc4)ccc3N(C)C(=O)C2C)cc1. The number of hydrogen-bond acceptors (Lipinski definition) is 6. The van der Waals surface area contributed by atoms with Gasteiger partial charge in [-0.2, -0.15) is 0 Å². The molecule has 2 aliphatic heterocycles. The van der Waals surface area contributed by atoms with E-state index in [0.29, 0.717) is 38.4 Å². The number of morpholine rings is 1. The fraction of sp³-hybridized carbons (Fsp3) is 0.310. The van der Waals surface area contributed by atoms with Crippen molar-refractivity contribution in [3.8, 4) is 5.75 Å². The maximum Gasteiger partial charge on any atom is 0.254 e. The number of hydrogen-bond donors (Lipinski definition) is 1. The molecule has 0 radical (unpaired) electrons. The van der Waals surface area contributed by atoms with Gasteiger partial charge in [0.1, 0.15) is 11.8 Å². The Balaban J connectivity index is 1.36. The molecule has 5 rings (SSSR count). The maximum absolute atomic E-state index is 13.0. The third-order valence-electron chi connectivity index (χ3n) is 7.03. The fourth-order valence-corrected chi connectivity index (χ4v) is 4.82. The molecule has 2 amide bonds. The van der Waals surface area contributed by atoms with Gasteiger partial charge in [-0.15, -0.1) is 0 Å². The summed E-state index contributed by atoms with van der Waals surface area (Å²) in [5.74, 6) is 0.887. The highest BCUT2D eigenvalue weighted by atomic mass is 16.5. The van der Waals surface area contributed by atoms with E-state index in [2.05, 4.69) is 16.3 Å². The lowest BCUT2D eigenvalue weighted by Gasteiger charge is -2.40. The van der Waals surface area contributed by atoms with Crippen LogP contribution in [0.15, 0.2) is 66.7 Å². The second-order valence-electron chi connectivity index (χ2n) is 9.36. The van der Waals surface area contributed by atoms with Crippen molar-refractivity contribution in [2.24, 2.45) is 0 Å². The molecule has 3 aromatic carbocycles. The highest BCUT2D eigenvalue weighted by molar-refractivity contribution is 6.05. The van der Waals surface area contributed by atoms with E-state index in [1.807, 2.05) is 79.5 Å². The molecule has 1 unspecified atom stereocenters. The van der Waals surface area contributed by atoms with Crippen molar-refractivity contribution in [3.05, 3.63) is 77.9 Å². The number of fused-ring (bicyclic) bond motifs is 1. The molecular formula is C29H32N4O4. The van der Waals surface area contributed by atoms with E-state index in [9.17, 15) is 9.59 Å². The molecule has 1 atom stereocenters. The highest BCUT2D eigenvalue weighted by Gasteiger charge is 2.33. The molecule has 0 aromatic heterocycles. The molecule has 0 aliphatic carbocycles. The lowest BCUT2D eigenvalue weighted by atomic mass is 10.0. The molecular weight excluding hydrogens is 468 g/mol. The van der Waals surface area contributed by atoms with Gasteiger partial charge < -0.3 is 29.5 Å². The monoisotopic (exact) mass is 500 g/mol. The van der Waals surface area contributed by atoms with Crippen molar-refractivity contribution in [1.82, 2.24) is 4.90 Å². The first kappa shape index (κ1) is 24.6. The van der Waals surface area contributed by atoms with Crippen molar-refractivity contribution in [1.29, 1.82) is 0 Å². The number of carbonyl (C=O) groups is 2. The lowest BCUT2D eigenvalue weighted by Crippen LogP contribution is -2.50. The van der Waals surface area contributed by atoms with E-state index >= 15 is 0 Å². The van der Waals surface area contributed by atoms with Crippen molar-refractivity contribution < 1.29 is 19.1 Å². The van der Waals surface area contributed by atoms with Gasteiger partial charge in [0.15, 0.2) is 0 Å². The first-order valence-corrected chi connectivity index (χ1v) is 12.5. The maximum atomic E-state index is 13.0. The minimum atomic E-state index is -0.305. The van der Waals surface area contributed by atoms with Crippen LogP contribution in [0.5, 0.6) is 5.75 Å². The number of ether oxygens (including phenoxy) is 2. The van der Waals surface area contributed by atoms with Crippen LogP contribution >= 0.6 is 0 Å². The molecule has 1 fully saturated rings. The van der Waals surface area contributed by atoms with Crippen LogP contribution in [0.4, 0.5) is 22.7 Å². The van der Waals surface area contributed by atoms with Gasteiger partial charge in [0.25, 0.3) is 5.91 Å². The van der Waals surface area contributed by atoms with E-state index in [4.69, 9.17) is 9.47 Å². The molecule has 192 valence electrons. The van der Waals surface area contributed by atoms with Gasteiger partial charge in [-0.05, 0) is 67.1 Å². The van der Waals surface area contributed by atoms with Gasteiger partial charge in [0, 0.05) is 43.6 Å². The van der Waals surface area contributed by atoms with Gasteiger partial charge in [-0.1, -0.05) is 12.1 Å². The van der Waals surface area contributed by atoms with Crippen LogP contribution in [0.1, 0.15) is 22.8 Å². The van der Waals surface area contributed by atoms with Crippen molar-refractivity contribution in [3.63, 3.8) is 0 Å². The zero-order valence-electron chi connectivity index (χ0n) is 21.4. The lowest BCUT2D eigenvalue weighted by molar-refractivity contribution is -0.119. The Labute approximate surface area is 217 Å². The standard InChI is InChI=1S/C29H32N4O4/c1-20-28(34)31(2)26-13-10-24(18-27(26)33(20)19-21-4-11-25(36-3)12-5-21)30-23-8-6-22(7-9-23)29(35)32-14-16-37-17-15-32/h4-13,18,20,30H,14-17,19H2,1-3H3. The summed E-state index contributed by atoms with van der Waals surface area (Å²) in [6.45, 7) is 4.94. The number of likely N-dealkylation sites (N-methyl/N-ethyl adjacent to an activating group) is 1. The van der Waals surface area contributed by atoms with E-state index < -0.39 is 0 Å². The van der Waals surface area contributed by atoms with E-state index in [0.717, 1.165) is 34.1 Å². The number of methoxy groups -OCH3 is 1. The first-order valence-electron chi connectivity index (χ1n) is 12.5. The van der Waals surface area contributed by atoms with Gasteiger partial charge in [0.05, 0.1) is 31.7 Å².